The first-order chi connectivity index (χ1) is 6.79. The zero-order valence-corrected chi connectivity index (χ0v) is 9.07. The van der Waals surface area contributed by atoms with Crippen LogP contribution in [0.25, 0.3) is 0 Å². The smallest absolute Gasteiger partial charge is 0.0895 e. The van der Waals surface area contributed by atoms with Crippen molar-refractivity contribution in [2.75, 3.05) is 39.4 Å². The average molecular weight is 197 g/mol. The number of rotatable bonds is 4. The Morgan fingerprint density at radius 1 is 1.36 bits per heavy atom. The Kier molecular flexibility index (Phi) is 5.45. The highest BCUT2D eigenvalue weighted by Gasteiger charge is 2.08. The molecule has 1 heterocycles. The third kappa shape index (κ3) is 5.12. The minimum Gasteiger partial charge on any atom is -0.379 e. The fourth-order valence-corrected chi connectivity index (χ4v) is 1.22. The van der Waals surface area contributed by atoms with E-state index in [0.717, 1.165) is 39.4 Å². The van der Waals surface area contributed by atoms with E-state index in [4.69, 9.17) is 4.74 Å². The molecule has 1 aliphatic rings. The van der Waals surface area contributed by atoms with Crippen LogP contribution in [0, 0.1) is 0 Å². The van der Waals surface area contributed by atoms with Crippen LogP contribution in [0.15, 0.2) is 9.98 Å². The molecule has 0 radical (unpaired) electrons. The van der Waals surface area contributed by atoms with Crippen LogP contribution in [-0.2, 0) is 4.74 Å². The molecule has 80 valence electrons. The highest BCUT2D eigenvalue weighted by Crippen LogP contribution is 1.95. The summed E-state index contributed by atoms with van der Waals surface area (Å²) in [6.45, 7) is 9.57. The van der Waals surface area contributed by atoms with Gasteiger partial charge in [0, 0.05) is 19.6 Å². The van der Waals surface area contributed by atoms with E-state index < -0.39 is 0 Å². The average Bonchev–Trinajstić information content (AvgIpc) is 2.18. The molecule has 4 nitrogen and oxygen atoms in total. The molecule has 0 unspecified atom stereocenters. The molecule has 1 saturated heterocycles. The van der Waals surface area contributed by atoms with E-state index in [2.05, 4.69) is 20.9 Å². The van der Waals surface area contributed by atoms with E-state index in [1.165, 1.54) is 0 Å². The summed E-state index contributed by atoms with van der Waals surface area (Å²) >= 11 is 0. The van der Waals surface area contributed by atoms with Crippen molar-refractivity contribution in [1.29, 1.82) is 0 Å². The summed E-state index contributed by atoms with van der Waals surface area (Å²) < 4.78 is 5.25. The van der Waals surface area contributed by atoms with Crippen molar-refractivity contribution in [1.82, 2.24) is 4.90 Å². The predicted octanol–water partition coefficient (Wildman–Crippen LogP) is 0.901. The summed E-state index contributed by atoms with van der Waals surface area (Å²) in [5.74, 6) is 0. The normalized spacial score (nSPS) is 17.9. The van der Waals surface area contributed by atoms with Crippen LogP contribution in [0.3, 0.4) is 0 Å². The van der Waals surface area contributed by atoms with Gasteiger partial charge in [0.25, 0.3) is 0 Å². The summed E-state index contributed by atoms with van der Waals surface area (Å²) in [6.07, 6.45) is 0. The quantitative estimate of drug-likeness (QED) is 0.628. The molecule has 0 N–H and O–H groups in total. The summed E-state index contributed by atoms with van der Waals surface area (Å²) in [4.78, 5) is 10.5. The molecule has 0 saturated carbocycles. The lowest BCUT2D eigenvalue weighted by molar-refractivity contribution is 0.0395. The van der Waals surface area contributed by atoms with Gasteiger partial charge in [-0.1, -0.05) is 0 Å². The van der Waals surface area contributed by atoms with Gasteiger partial charge in [-0.3, -0.25) is 4.90 Å². The van der Waals surface area contributed by atoms with Gasteiger partial charge in [0.15, 0.2) is 0 Å². The second-order valence-electron chi connectivity index (χ2n) is 3.66. The fraction of sp³-hybridized carbons (Fsp3) is 0.900. The molecular weight excluding hydrogens is 178 g/mol. The first-order valence-electron chi connectivity index (χ1n) is 5.20. The van der Waals surface area contributed by atoms with Crippen molar-refractivity contribution in [3.63, 3.8) is 0 Å². The first kappa shape index (κ1) is 11.4. The Bertz CT molecular complexity index is 203. The van der Waals surface area contributed by atoms with Crippen LogP contribution in [0.1, 0.15) is 13.8 Å². The van der Waals surface area contributed by atoms with Gasteiger partial charge < -0.3 is 4.74 Å². The van der Waals surface area contributed by atoms with Gasteiger partial charge >= 0.3 is 0 Å². The van der Waals surface area contributed by atoms with Crippen molar-refractivity contribution >= 4 is 6.01 Å². The zero-order valence-electron chi connectivity index (χ0n) is 9.07. The van der Waals surface area contributed by atoms with Crippen LogP contribution in [0.2, 0.25) is 0 Å². The van der Waals surface area contributed by atoms with Crippen molar-refractivity contribution in [3.8, 4) is 0 Å². The molecule has 4 heteroatoms. The Hall–Kier alpha value is -0.700. The van der Waals surface area contributed by atoms with Gasteiger partial charge in [-0.05, 0) is 13.8 Å². The van der Waals surface area contributed by atoms with E-state index in [1.54, 1.807) is 0 Å². The Morgan fingerprint density at radius 3 is 2.71 bits per heavy atom. The molecule has 0 spiro atoms. The number of ether oxygens (including phenoxy) is 1. The molecular formula is C10H19N3O. The van der Waals surface area contributed by atoms with Crippen LogP contribution >= 0.6 is 0 Å². The summed E-state index contributed by atoms with van der Waals surface area (Å²) in [7, 11) is 0. The van der Waals surface area contributed by atoms with Crippen molar-refractivity contribution in [2.45, 2.75) is 19.9 Å². The Morgan fingerprint density at radius 2 is 2.07 bits per heavy atom. The molecule has 0 aromatic rings. The second kappa shape index (κ2) is 6.71. The van der Waals surface area contributed by atoms with Gasteiger partial charge in [-0.25, -0.2) is 9.98 Å². The molecule has 0 aromatic heterocycles. The SMILES string of the molecule is CC(C)N=C=NCCN1CCOCC1. The number of morpholine rings is 1. The topological polar surface area (TPSA) is 37.2 Å². The van der Waals surface area contributed by atoms with Gasteiger partial charge in [0.05, 0.1) is 31.8 Å². The van der Waals surface area contributed by atoms with E-state index in [9.17, 15) is 0 Å². The summed E-state index contributed by atoms with van der Waals surface area (Å²) in [5, 5.41) is 0. The first-order valence-corrected chi connectivity index (χ1v) is 5.20. The van der Waals surface area contributed by atoms with E-state index in [-0.39, 0.29) is 0 Å². The second-order valence-corrected chi connectivity index (χ2v) is 3.66. The van der Waals surface area contributed by atoms with E-state index >= 15 is 0 Å². The molecule has 0 aliphatic carbocycles. The number of hydrogen-bond donors (Lipinski definition) is 0. The molecule has 0 amide bonds. The van der Waals surface area contributed by atoms with Crippen molar-refractivity contribution in [3.05, 3.63) is 0 Å². The molecule has 1 fully saturated rings. The number of aliphatic imine (C=N–C) groups is 2. The lowest BCUT2D eigenvalue weighted by atomic mass is 10.4. The van der Waals surface area contributed by atoms with Crippen LogP contribution < -0.4 is 0 Å². The minimum absolute atomic E-state index is 0.294. The zero-order chi connectivity index (χ0) is 10.2. The summed E-state index contributed by atoms with van der Waals surface area (Å²) in [5.41, 5.74) is 0. The molecule has 14 heavy (non-hydrogen) atoms. The maximum atomic E-state index is 5.25. The van der Waals surface area contributed by atoms with E-state index in [0.29, 0.717) is 6.04 Å². The lowest BCUT2D eigenvalue weighted by Crippen LogP contribution is -2.37. The van der Waals surface area contributed by atoms with Crippen LogP contribution in [0.5, 0.6) is 0 Å². The molecule has 1 rings (SSSR count). The lowest BCUT2D eigenvalue weighted by Gasteiger charge is -2.25. The molecule has 1 aliphatic heterocycles. The van der Waals surface area contributed by atoms with Gasteiger partial charge in [-0.15, -0.1) is 0 Å². The highest BCUT2D eigenvalue weighted by molar-refractivity contribution is 5.41. The third-order valence-corrected chi connectivity index (χ3v) is 2.02. The van der Waals surface area contributed by atoms with Gasteiger partial charge in [-0.2, -0.15) is 0 Å². The predicted molar refractivity (Wildman–Crippen MR) is 57.1 cm³/mol. The largest absolute Gasteiger partial charge is 0.379 e. The number of hydrogen-bond acceptors (Lipinski definition) is 4. The van der Waals surface area contributed by atoms with Gasteiger partial charge in [0.2, 0.25) is 0 Å². The monoisotopic (exact) mass is 197 g/mol. The molecule has 0 bridgehead atoms. The van der Waals surface area contributed by atoms with Crippen LogP contribution in [0.4, 0.5) is 0 Å². The van der Waals surface area contributed by atoms with Gasteiger partial charge in [0.1, 0.15) is 0 Å². The fourth-order valence-electron chi connectivity index (χ4n) is 1.22. The highest BCUT2D eigenvalue weighted by atomic mass is 16.5. The minimum atomic E-state index is 0.294. The molecule has 0 aromatic carbocycles. The maximum absolute atomic E-state index is 5.25. The molecule has 0 atom stereocenters. The maximum Gasteiger partial charge on any atom is 0.0895 e. The number of nitrogens with zero attached hydrogens (tertiary/aromatic N) is 3. The third-order valence-electron chi connectivity index (χ3n) is 2.02. The van der Waals surface area contributed by atoms with E-state index in [1.807, 2.05) is 13.8 Å². The standard InChI is InChI=1S/C10H19N3O/c1-10(2)12-9-11-3-4-13-5-7-14-8-6-13/h10H,3-8H2,1-2H3. The van der Waals surface area contributed by atoms with Crippen LogP contribution in [-0.4, -0.2) is 56.3 Å². The Balaban J connectivity index is 2.10. The van der Waals surface area contributed by atoms with Crippen molar-refractivity contribution in [2.24, 2.45) is 9.98 Å². The Labute approximate surface area is 85.7 Å². The van der Waals surface area contributed by atoms with Crippen molar-refractivity contribution < 1.29 is 4.74 Å². The summed E-state index contributed by atoms with van der Waals surface area (Å²) in [6, 6.07) is 3.01.